The summed E-state index contributed by atoms with van der Waals surface area (Å²) in [5, 5.41) is 1.91. The van der Waals surface area contributed by atoms with Crippen molar-refractivity contribution in [3.63, 3.8) is 0 Å². The van der Waals surface area contributed by atoms with Gasteiger partial charge in [-0.15, -0.1) is 0 Å². The van der Waals surface area contributed by atoms with E-state index in [1.54, 1.807) is 4.90 Å². The van der Waals surface area contributed by atoms with Crippen molar-refractivity contribution in [1.29, 1.82) is 0 Å². The van der Waals surface area contributed by atoms with E-state index in [9.17, 15) is 13.2 Å². The van der Waals surface area contributed by atoms with E-state index in [1.807, 2.05) is 67.6 Å². The van der Waals surface area contributed by atoms with Gasteiger partial charge in [0.15, 0.2) is 9.84 Å². The molecule has 0 spiro atoms. The Morgan fingerprint density at radius 2 is 1.87 bits per heavy atom. The number of amides is 1. The van der Waals surface area contributed by atoms with Crippen molar-refractivity contribution in [2.45, 2.75) is 31.0 Å². The van der Waals surface area contributed by atoms with E-state index in [2.05, 4.69) is 4.98 Å². The highest BCUT2D eigenvalue weighted by Gasteiger charge is 2.34. The molecule has 1 saturated heterocycles. The van der Waals surface area contributed by atoms with Gasteiger partial charge in [0.2, 0.25) is 5.91 Å². The number of hydrogen-bond donors (Lipinski definition) is 0. The minimum atomic E-state index is -3.08. The number of carbonyl (C=O) groups excluding carboxylic acids is 1. The Hall–Kier alpha value is -2.38. The number of aryl methyl sites for hydroxylation is 1. The highest BCUT2D eigenvalue weighted by atomic mass is 32.2. The lowest BCUT2D eigenvalue weighted by Crippen LogP contribution is -2.41. The number of nitrogens with zero attached hydrogens (tertiary/aromatic N) is 2. The van der Waals surface area contributed by atoms with Gasteiger partial charge >= 0.3 is 0 Å². The Labute approximate surface area is 181 Å². The second-order valence-corrected chi connectivity index (χ2v) is 10.9. The highest BCUT2D eigenvalue weighted by molar-refractivity contribution is 7.99. The molecule has 2 aromatic carbocycles. The lowest BCUT2D eigenvalue weighted by molar-refractivity contribution is -0.130. The molecule has 0 unspecified atom stereocenters. The summed E-state index contributed by atoms with van der Waals surface area (Å²) in [4.78, 5) is 19.6. The van der Waals surface area contributed by atoms with Crippen molar-refractivity contribution < 1.29 is 13.2 Å². The molecule has 0 bridgehead atoms. The highest BCUT2D eigenvalue weighted by Crippen LogP contribution is 2.26. The summed E-state index contributed by atoms with van der Waals surface area (Å²) < 4.78 is 24.0. The molecule has 0 radical (unpaired) electrons. The van der Waals surface area contributed by atoms with Crippen molar-refractivity contribution in [3.05, 3.63) is 71.8 Å². The third-order valence-corrected chi connectivity index (χ3v) is 8.05. The zero-order valence-electron chi connectivity index (χ0n) is 16.8. The number of para-hydroxylation sites is 1. The fourth-order valence-electron chi connectivity index (χ4n) is 3.83. The maximum atomic E-state index is 13.1. The maximum absolute atomic E-state index is 13.1. The second kappa shape index (κ2) is 8.78. The largest absolute Gasteiger partial charge is 0.334 e. The quantitative estimate of drug-likeness (QED) is 0.545. The molecule has 1 fully saturated rings. The van der Waals surface area contributed by atoms with Gasteiger partial charge in [-0.2, -0.15) is 0 Å². The first-order valence-corrected chi connectivity index (χ1v) is 12.7. The summed E-state index contributed by atoms with van der Waals surface area (Å²) >= 11 is 1.40. The number of sulfone groups is 1. The minimum Gasteiger partial charge on any atom is -0.334 e. The maximum Gasteiger partial charge on any atom is 0.233 e. The molecule has 0 N–H and O–H groups in total. The predicted molar refractivity (Wildman–Crippen MR) is 121 cm³/mol. The van der Waals surface area contributed by atoms with Crippen molar-refractivity contribution in [3.8, 4) is 0 Å². The number of fused-ring (bicyclic) bond motifs is 1. The van der Waals surface area contributed by atoms with Gasteiger partial charge in [0.1, 0.15) is 0 Å². The van der Waals surface area contributed by atoms with Crippen molar-refractivity contribution in [2.75, 3.05) is 17.3 Å². The molecule has 5 nitrogen and oxygen atoms in total. The van der Waals surface area contributed by atoms with Gasteiger partial charge in [-0.25, -0.2) is 13.4 Å². The van der Waals surface area contributed by atoms with Crippen LogP contribution >= 0.6 is 11.8 Å². The standard InChI is InChI=1S/C23H24N2O3S2/c1-17-13-22(24-21-10-6-5-9-20(17)21)29-15-23(26)25(14-18-7-3-2-4-8-18)19-11-12-30(27,28)16-19/h2-10,13,19H,11-12,14-16H2,1H3/t19-/m0/s1. The monoisotopic (exact) mass is 440 g/mol. The SMILES string of the molecule is Cc1cc(SCC(=O)N(Cc2ccccc2)[C@H]2CCS(=O)(=O)C2)nc2ccccc12. The van der Waals surface area contributed by atoms with Gasteiger partial charge in [0.05, 0.1) is 27.8 Å². The summed E-state index contributed by atoms with van der Waals surface area (Å²) in [6, 6.07) is 19.4. The molecule has 0 aliphatic carbocycles. The Balaban J connectivity index is 1.51. The van der Waals surface area contributed by atoms with E-state index in [1.165, 1.54) is 11.8 Å². The molecule has 1 aliphatic heterocycles. The molecule has 1 aromatic heterocycles. The van der Waals surface area contributed by atoms with Crippen molar-refractivity contribution >= 4 is 38.4 Å². The van der Waals surface area contributed by atoms with Gasteiger partial charge in [-0.1, -0.05) is 60.3 Å². The molecule has 30 heavy (non-hydrogen) atoms. The third kappa shape index (κ3) is 4.84. The number of benzene rings is 2. The number of rotatable bonds is 6. The number of pyridine rings is 1. The molecule has 2 heterocycles. The van der Waals surface area contributed by atoms with Crippen LogP contribution in [0.1, 0.15) is 17.5 Å². The molecule has 4 rings (SSSR count). The molecule has 1 aliphatic rings. The first kappa shape index (κ1) is 20.9. The average molecular weight is 441 g/mol. The van der Waals surface area contributed by atoms with Crippen molar-refractivity contribution in [2.24, 2.45) is 0 Å². The minimum absolute atomic E-state index is 0.0452. The van der Waals surface area contributed by atoms with Crippen LogP contribution in [0.25, 0.3) is 10.9 Å². The van der Waals surface area contributed by atoms with Crippen LogP contribution in [0, 0.1) is 6.92 Å². The zero-order valence-corrected chi connectivity index (χ0v) is 18.5. The van der Waals surface area contributed by atoms with Crippen LogP contribution in [0.3, 0.4) is 0 Å². The van der Waals surface area contributed by atoms with Gasteiger partial charge in [-0.3, -0.25) is 4.79 Å². The third-order valence-electron chi connectivity index (χ3n) is 5.41. The smallest absolute Gasteiger partial charge is 0.233 e. The first-order valence-electron chi connectivity index (χ1n) is 9.94. The topological polar surface area (TPSA) is 67.3 Å². The van der Waals surface area contributed by atoms with Crippen LogP contribution in [-0.2, 0) is 21.2 Å². The van der Waals surface area contributed by atoms with Crippen LogP contribution < -0.4 is 0 Å². The fraction of sp³-hybridized carbons (Fsp3) is 0.304. The molecule has 1 atom stereocenters. The van der Waals surface area contributed by atoms with E-state index in [-0.39, 0.29) is 29.2 Å². The van der Waals surface area contributed by atoms with E-state index < -0.39 is 9.84 Å². The number of carbonyl (C=O) groups is 1. The van der Waals surface area contributed by atoms with Crippen molar-refractivity contribution in [1.82, 2.24) is 9.88 Å². The molecular formula is C23H24N2O3S2. The van der Waals surface area contributed by atoms with Gasteiger partial charge in [0.25, 0.3) is 0 Å². The van der Waals surface area contributed by atoms with E-state index in [4.69, 9.17) is 0 Å². The Morgan fingerprint density at radius 3 is 2.60 bits per heavy atom. The van der Waals surface area contributed by atoms with Crippen LogP contribution in [0.4, 0.5) is 0 Å². The summed E-state index contributed by atoms with van der Waals surface area (Å²) in [5.41, 5.74) is 3.04. The lowest BCUT2D eigenvalue weighted by atomic mass is 10.1. The summed E-state index contributed by atoms with van der Waals surface area (Å²) in [5.74, 6) is 0.366. The molecule has 3 aromatic rings. The number of thioether (sulfide) groups is 1. The Kier molecular flexibility index (Phi) is 6.11. The lowest BCUT2D eigenvalue weighted by Gasteiger charge is -2.28. The molecule has 7 heteroatoms. The van der Waals surface area contributed by atoms with Crippen LogP contribution in [0.2, 0.25) is 0 Å². The van der Waals surface area contributed by atoms with E-state index >= 15 is 0 Å². The second-order valence-electron chi connectivity index (χ2n) is 7.65. The Morgan fingerprint density at radius 1 is 1.13 bits per heavy atom. The van der Waals surface area contributed by atoms with E-state index in [0.29, 0.717) is 13.0 Å². The van der Waals surface area contributed by atoms with E-state index in [0.717, 1.165) is 27.1 Å². The summed E-state index contributed by atoms with van der Waals surface area (Å²) in [7, 11) is -3.08. The molecule has 1 amide bonds. The number of hydrogen-bond acceptors (Lipinski definition) is 5. The molecule has 0 saturated carbocycles. The van der Waals surface area contributed by atoms with Gasteiger partial charge in [-0.05, 0) is 36.6 Å². The van der Waals surface area contributed by atoms with Gasteiger partial charge in [0, 0.05) is 18.0 Å². The molecule has 156 valence electrons. The number of aromatic nitrogens is 1. The van der Waals surface area contributed by atoms with Crippen LogP contribution in [0.15, 0.2) is 65.7 Å². The average Bonchev–Trinajstić information content (AvgIpc) is 3.10. The molecular weight excluding hydrogens is 416 g/mol. The summed E-state index contributed by atoms with van der Waals surface area (Å²) in [6.45, 7) is 2.46. The predicted octanol–water partition coefficient (Wildman–Crippen LogP) is 3.85. The van der Waals surface area contributed by atoms with Crippen LogP contribution in [-0.4, -0.2) is 47.5 Å². The first-order chi connectivity index (χ1) is 14.4. The summed E-state index contributed by atoms with van der Waals surface area (Å²) in [6.07, 6.45) is 0.499. The van der Waals surface area contributed by atoms with Gasteiger partial charge < -0.3 is 4.90 Å². The van der Waals surface area contributed by atoms with Crippen LogP contribution in [0.5, 0.6) is 0 Å². The fourth-order valence-corrected chi connectivity index (χ4v) is 6.42. The normalized spacial score (nSPS) is 17.8. The zero-order chi connectivity index (χ0) is 21.1. The Bertz CT molecular complexity index is 1160.